The number of nitrogens with zero attached hydrogens (tertiary/aromatic N) is 1. The number of benzene rings is 2. The van der Waals surface area contributed by atoms with Crippen LogP contribution in [0.5, 0.6) is 0 Å². The van der Waals surface area contributed by atoms with E-state index in [0.717, 1.165) is 21.7 Å². The van der Waals surface area contributed by atoms with Crippen molar-refractivity contribution in [2.45, 2.75) is 13.5 Å². The molecule has 1 N–H and O–H groups in total. The summed E-state index contributed by atoms with van der Waals surface area (Å²) < 4.78 is 25.0. The van der Waals surface area contributed by atoms with Gasteiger partial charge in [-0.1, -0.05) is 48.0 Å². The number of rotatable bonds is 6. The van der Waals surface area contributed by atoms with E-state index in [4.69, 9.17) is 0 Å². The first-order valence-electron chi connectivity index (χ1n) is 7.20. The zero-order chi connectivity index (χ0) is 16.9. The van der Waals surface area contributed by atoms with Crippen LogP contribution < -0.4 is 5.32 Å². The van der Waals surface area contributed by atoms with Crippen molar-refractivity contribution < 1.29 is 13.2 Å². The molecule has 0 aromatic heterocycles. The highest BCUT2D eigenvalue weighted by molar-refractivity contribution is 7.88. The number of aryl methyl sites for hydroxylation is 1. The lowest BCUT2D eigenvalue weighted by Crippen LogP contribution is -2.36. The Bertz CT molecular complexity index is 756. The monoisotopic (exact) mass is 332 g/mol. The van der Waals surface area contributed by atoms with E-state index < -0.39 is 10.0 Å². The van der Waals surface area contributed by atoms with E-state index in [1.165, 1.54) is 0 Å². The lowest BCUT2D eigenvalue weighted by Gasteiger charge is -2.19. The van der Waals surface area contributed by atoms with Gasteiger partial charge in [-0.25, -0.2) is 8.42 Å². The molecule has 2 rings (SSSR count). The van der Waals surface area contributed by atoms with Crippen LogP contribution in [0.3, 0.4) is 0 Å². The van der Waals surface area contributed by atoms with E-state index in [2.05, 4.69) is 5.32 Å². The van der Waals surface area contributed by atoms with Crippen LogP contribution in [0.15, 0.2) is 54.6 Å². The second-order valence-electron chi connectivity index (χ2n) is 5.43. The molecule has 0 bridgehead atoms. The number of carbonyl (C=O) groups is 1. The first-order chi connectivity index (χ1) is 10.8. The van der Waals surface area contributed by atoms with Crippen molar-refractivity contribution in [2.75, 3.05) is 18.1 Å². The minimum atomic E-state index is -3.48. The molecule has 0 aliphatic heterocycles. The highest BCUT2D eigenvalue weighted by Gasteiger charge is 2.20. The average Bonchev–Trinajstić information content (AvgIpc) is 2.49. The summed E-state index contributed by atoms with van der Waals surface area (Å²) in [6, 6.07) is 16.5. The maximum Gasteiger partial charge on any atom is 0.239 e. The third kappa shape index (κ3) is 5.50. The number of nitrogens with one attached hydrogen (secondary N) is 1. The van der Waals surface area contributed by atoms with Gasteiger partial charge in [0.15, 0.2) is 0 Å². The first-order valence-corrected chi connectivity index (χ1v) is 9.05. The smallest absolute Gasteiger partial charge is 0.239 e. The standard InChI is InChI=1S/C17H20N2O3S/c1-14-8-10-16(11-9-14)18-17(20)13-19(23(2,21)22)12-15-6-4-3-5-7-15/h3-11H,12-13H2,1-2H3,(H,18,20). The molecule has 0 unspecified atom stereocenters. The maximum absolute atomic E-state index is 12.1. The van der Waals surface area contributed by atoms with Crippen molar-refractivity contribution in [3.05, 3.63) is 65.7 Å². The second kappa shape index (κ2) is 7.39. The number of anilines is 1. The van der Waals surface area contributed by atoms with Gasteiger partial charge in [0.05, 0.1) is 12.8 Å². The molecule has 122 valence electrons. The predicted octanol–water partition coefficient (Wildman–Crippen LogP) is 2.40. The fourth-order valence-electron chi connectivity index (χ4n) is 2.08. The zero-order valence-electron chi connectivity index (χ0n) is 13.2. The molecule has 0 atom stereocenters. The summed E-state index contributed by atoms with van der Waals surface area (Å²) in [4.78, 5) is 12.1. The SMILES string of the molecule is Cc1ccc(NC(=O)CN(Cc2ccccc2)S(C)(=O)=O)cc1. The van der Waals surface area contributed by atoms with Gasteiger partial charge in [-0.05, 0) is 24.6 Å². The van der Waals surface area contributed by atoms with Gasteiger partial charge in [0.25, 0.3) is 0 Å². The Balaban J connectivity index is 2.05. The molecule has 0 radical (unpaired) electrons. The Morgan fingerprint density at radius 2 is 1.65 bits per heavy atom. The molecule has 0 heterocycles. The van der Waals surface area contributed by atoms with Gasteiger partial charge in [0.1, 0.15) is 0 Å². The average molecular weight is 332 g/mol. The minimum Gasteiger partial charge on any atom is -0.325 e. The molecule has 23 heavy (non-hydrogen) atoms. The van der Waals surface area contributed by atoms with Crippen molar-refractivity contribution in [3.63, 3.8) is 0 Å². The molecule has 1 amide bonds. The molecule has 0 spiro atoms. The van der Waals surface area contributed by atoms with Gasteiger partial charge in [-0.2, -0.15) is 4.31 Å². The Labute approximate surface area is 137 Å². The largest absolute Gasteiger partial charge is 0.325 e. The van der Waals surface area contributed by atoms with Crippen molar-refractivity contribution in [2.24, 2.45) is 0 Å². The molecule has 0 saturated heterocycles. The van der Waals surface area contributed by atoms with E-state index in [9.17, 15) is 13.2 Å². The quantitative estimate of drug-likeness (QED) is 0.883. The summed E-state index contributed by atoms with van der Waals surface area (Å²) in [5.41, 5.74) is 2.57. The third-order valence-corrected chi connectivity index (χ3v) is 4.52. The molecule has 2 aromatic rings. The van der Waals surface area contributed by atoms with E-state index in [1.54, 1.807) is 12.1 Å². The molecular weight excluding hydrogens is 312 g/mol. The van der Waals surface area contributed by atoms with Crippen molar-refractivity contribution in [3.8, 4) is 0 Å². The van der Waals surface area contributed by atoms with E-state index in [-0.39, 0.29) is 19.0 Å². The number of hydrogen-bond donors (Lipinski definition) is 1. The van der Waals surface area contributed by atoms with Gasteiger partial charge in [-0.15, -0.1) is 0 Å². The summed E-state index contributed by atoms with van der Waals surface area (Å²) in [6.07, 6.45) is 1.11. The number of hydrogen-bond acceptors (Lipinski definition) is 3. The first kappa shape index (κ1) is 17.2. The summed E-state index contributed by atoms with van der Waals surface area (Å²) in [7, 11) is -3.48. The fourth-order valence-corrected chi connectivity index (χ4v) is 2.81. The van der Waals surface area contributed by atoms with Crippen LogP contribution in [0.1, 0.15) is 11.1 Å². The summed E-state index contributed by atoms with van der Waals surface area (Å²) in [5, 5.41) is 2.71. The number of carbonyl (C=O) groups excluding carboxylic acids is 1. The van der Waals surface area contributed by atoms with Crippen molar-refractivity contribution >= 4 is 21.6 Å². The van der Waals surface area contributed by atoms with Crippen molar-refractivity contribution in [1.82, 2.24) is 4.31 Å². The Kier molecular flexibility index (Phi) is 5.52. The van der Waals surface area contributed by atoms with Crippen LogP contribution in [-0.4, -0.2) is 31.4 Å². The summed E-state index contributed by atoms with van der Waals surface area (Å²) in [5.74, 6) is -0.366. The van der Waals surface area contributed by atoms with Gasteiger partial charge in [0.2, 0.25) is 15.9 Å². The molecule has 2 aromatic carbocycles. The molecule has 0 aliphatic carbocycles. The topological polar surface area (TPSA) is 66.5 Å². The molecule has 5 nitrogen and oxygen atoms in total. The minimum absolute atomic E-state index is 0.168. The third-order valence-electron chi connectivity index (χ3n) is 3.33. The molecule has 0 fully saturated rings. The lowest BCUT2D eigenvalue weighted by atomic mass is 10.2. The van der Waals surface area contributed by atoms with E-state index in [1.807, 2.05) is 49.4 Å². The van der Waals surface area contributed by atoms with E-state index in [0.29, 0.717) is 5.69 Å². The van der Waals surface area contributed by atoms with Gasteiger partial charge in [0, 0.05) is 12.2 Å². The zero-order valence-corrected chi connectivity index (χ0v) is 14.0. The molecular formula is C17H20N2O3S. The Morgan fingerprint density at radius 1 is 1.04 bits per heavy atom. The highest BCUT2D eigenvalue weighted by Crippen LogP contribution is 2.11. The normalized spacial score (nSPS) is 11.4. The van der Waals surface area contributed by atoms with Crippen LogP contribution in [-0.2, 0) is 21.4 Å². The Hall–Kier alpha value is -2.18. The van der Waals surface area contributed by atoms with Gasteiger partial charge < -0.3 is 5.32 Å². The number of amides is 1. The summed E-state index contributed by atoms with van der Waals surface area (Å²) >= 11 is 0. The second-order valence-corrected chi connectivity index (χ2v) is 7.41. The number of sulfonamides is 1. The lowest BCUT2D eigenvalue weighted by molar-refractivity contribution is -0.116. The fraction of sp³-hybridized carbons (Fsp3) is 0.235. The maximum atomic E-state index is 12.1. The van der Waals surface area contributed by atoms with Crippen LogP contribution in [0.2, 0.25) is 0 Å². The van der Waals surface area contributed by atoms with Crippen molar-refractivity contribution in [1.29, 1.82) is 0 Å². The van der Waals surface area contributed by atoms with Gasteiger partial charge in [-0.3, -0.25) is 4.79 Å². The molecule has 0 aliphatic rings. The highest BCUT2D eigenvalue weighted by atomic mass is 32.2. The summed E-state index contributed by atoms with van der Waals surface area (Å²) in [6.45, 7) is 1.90. The van der Waals surface area contributed by atoms with Crippen LogP contribution in [0.4, 0.5) is 5.69 Å². The van der Waals surface area contributed by atoms with Crippen LogP contribution in [0, 0.1) is 6.92 Å². The Morgan fingerprint density at radius 3 is 2.22 bits per heavy atom. The predicted molar refractivity (Wildman–Crippen MR) is 91.5 cm³/mol. The van der Waals surface area contributed by atoms with Crippen LogP contribution in [0.25, 0.3) is 0 Å². The van der Waals surface area contributed by atoms with E-state index >= 15 is 0 Å². The van der Waals surface area contributed by atoms with Gasteiger partial charge >= 0.3 is 0 Å². The van der Waals surface area contributed by atoms with Crippen LogP contribution >= 0.6 is 0 Å². The molecule has 6 heteroatoms. The molecule has 0 saturated carbocycles.